The molecule has 2 rings (SSSR count). The quantitative estimate of drug-likeness (QED) is 0.539. The average molecular weight is 261 g/mol. The highest BCUT2D eigenvalue weighted by Crippen LogP contribution is 2.27. The highest BCUT2D eigenvalue weighted by atomic mass is 16.3. The summed E-state index contributed by atoms with van der Waals surface area (Å²) in [6.45, 7) is 4.59. The fourth-order valence-corrected chi connectivity index (χ4v) is 1.93. The molecule has 19 heavy (non-hydrogen) atoms. The van der Waals surface area contributed by atoms with Gasteiger partial charge in [0.25, 0.3) is 0 Å². The van der Waals surface area contributed by atoms with E-state index in [9.17, 15) is 5.11 Å². The molecule has 3 N–H and O–H groups in total. The van der Waals surface area contributed by atoms with Crippen LogP contribution in [-0.2, 0) is 13.2 Å². The van der Waals surface area contributed by atoms with Crippen LogP contribution in [-0.4, -0.2) is 24.2 Å². The van der Waals surface area contributed by atoms with E-state index in [1.165, 1.54) is 12.8 Å². The number of hydrogen-bond donors (Lipinski definition) is 3. The average Bonchev–Trinajstić information content (AvgIpc) is 3.26. The van der Waals surface area contributed by atoms with E-state index < -0.39 is 0 Å². The number of aliphatic hydroxyl groups is 1. The van der Waals surface area contributed by atoms with Crippen LogP contribution in [0.25, 0.3) is 0 Å². The molecular formula is C15H23N3O. The van der Waals surface area contributed by atoms with Crippen LogP contribution in [0.2, 0.25) is 0 Å². The van der Waals surface area contributed by atoms with Gasteiger partial charge < -0.3 is 15.7 Å². The molecule has 1 fully saturated rings. The first-order valence-corrected chi connectivity index (χ1v) is 7.03. The number of aliphatic imine (C=N–C) groups is 1. The number of hydrogen-bond acceptors (Lipinski definition) is 2. The second-order valence-corrected chi connectivity index (χ2v) is 4.95. The van der Waals surface area contributed by atoms with Crippen molar-refractivity contribution in [2.24, 2.45) is 10.9 Å². The number of guanidine groups is 1. The Morgan fingerprint density at radius 2 is 2.00 bits per heavy atom. The molecule has 0 amide bonds. The predicted molar refractivity (Wildman–Crippen MR) is 77.9 cm³/mol. The lowest BCUT2D eigenvalue weighted by Crippen LogP contribution is -2.38. The van der Waals surface area contributed by atoms with Gasteiger partial charge >= 0.3 is 0 Å². The lowest BCUT2D eigenvalue weighted by molar-refractivity contribution is 0.280. The highest BCUT2D eigenvalue weighted by Gasteiger charge is 2.20. The fraction of sp³-hybridized carbons (Fsp3) is 0.533. The SMILES string of the molecule is CCNC(=NCc1ccccc1CO)NCC1CC1. The maximum atomic E-state index is 9.29. The van der Waals surface area contributed by atoms with Gasteiger partial charge in [0.05, 0.1) is 13.2 Å². The van der Waals surface area contributed by atoms with E-state index in [0.717, 1.165) is 36.1 Å². The van der Waals surface area contributed by atoms with E-state index in [1.807, 2.05) is 24.3 Å². The first-order chi connectivity index (χ1) is 9.33. The van der Waals surface area contributed by atoms with E-state index in [0.29, 0.717) is 6.54 Å². The Morgan fingerprint density at radius 1 is 1.26 bits per heavy atom. The summed E-state index contributed by atoms with van der Waals surface area (Å²) >= 11 is 0. The van der Waals surface area contributed by atoms with Crippen molar-refractivity contribution in [2.75, 3.05) is 13.1 Å². The first kappa shape index (κ1) is 13.9. The Hall–Kier alpha value is -1.55. The molecule has 1 saturated carbocycles. The van der Waals surface area contributed by atoms with E-state index in [1.54, 1.807) is 0 Å². The summed E-state index contributed by atoms with van der Waals surface area (Å²) in [4.78, 5) is 4.58. The standard InChI is InChI=1S/C15H23N3O/c1-2-16-15(17-9-12-7-8-12)18-10-13-5-3-4-6-14(13)11-19/h3-6,12,19H,2,7-11H2,1H3,(H2,16,17,18). The van der Waals surface area contributed by atoms with Crippen LogP contribution in [0.3, 0.4) is 0 Å². The van der Waals surface area contributed by atoms with Crippen LogP contribution < -0.4 is 10.6 Å². The zero-order valence-electron chi connectivity index (χ0n) is 11.5. The minimum absolute atomic E-state index is 0.0672. The van der Waals surface area contributed by atoms with Crippen molar-refractivity contribution in [3.8, 4) is 0 Å². The molecule has 0 aromatic heterocycles. The molecule has 0 heterocycles. The molecule has 1 aliphatic rings. The number of nitrogens with one attached hydrogen (secondary N) is 2. The molecule has 0 atom stereocenters. The summed E-state index contributed by atoms with van der Waals surface area (Å²) in [5, 5.41) is 15.9. The van der Waals surface area contributed by atoms with Gasteiger partial charge in [0.2, 0.25) is 0 Å². The van der Waals surface area contributed by atoms with Crippen molar-refractivity contribution in [3.63, 3.8) is 0 Å². The summed E-state index contributed by atoms with van der Waals surface area (Å²) in [5.74, 6) is 1.69. The predicted octanol–water partition coefficient (Wildman–Crippen LogP) is 1.64. The fourth-order valence-electron chi connectivity index (χ4n) is 1.93. The number of benzene rings is 1. The lowest BCUT2D eigenvalue weighted by Gasteiger charge is -2.11. The molecule has 1 aromatic carbocycles. The maximum absolute atomic E-state index is 9.29. The Morgan fingerprint density at radius 3 is 2.63 bits per heavy atom. The van der Waals surface area contributed by atoms with E-state index in [2.05, 4.69) is 22.5 Å². The minimum atomic E-state index is 0.0672. The van der Waals surface area contributed by atoms with Gasteiger partial charge in [-0.05, 0) is 36.8 Å². The molecule has 0 unspecified atom stereocenters. The Labute approximate surface area is 114 Å². The molecular weight excluding hydrogens is 238 g/mol. The first-order valence-electron chi connectivity index (χ1n) is 7.03. The summed E-state index contributed by atoms with van der Waals surface area (Å²) in [7, 11) is 0. The molecule has 1 aromatic rings. The highest BCUT2D eigenvalue weighted by molar-refractivity contribution is 5.79. The third kappa shape index (κ3) is 4.56. The zero-order chi connectivity index (χ0) is 13.5. The van der Waals surface area contributed by atoms with Crippen LogP contribution >= 0.6 is 0 Å². The van der Waals surface area contributed by atoms with Gasteiger partial charge in [0.15, 0.2) is 5.96 Å². The molecule has 4 nitrogen and oxygen atoms in total. The largest absolute Gasteiger partial charge is 0.392 e. The second kappa shape index (κ2) is 7.14. The maximum Gasteiger partial charge on any atom is 0.191 e. The van der Waals surface area contributed by atoms with E-state index in [-0.39, 0.29) is 6.61 Å². The van der Waals surface area contributed by atoms with Crippen molar-refractivity contribution < 1.29 is 5.11 Å². The normalized spacial score (nSPS) is 15.4. The summed E-state index contributed by atoms with van der Waals surface area (Å²) in [6, 6.07) is 7.87. The molecule has 0 aliphatic heterocycles. The monoisotopic (exact) mass is 261 g/mol. The third-order valence-corrected chi connectivity index (χ3v) is 3.30. The van der Waals surface area contributed by atoms with Crippen molar-refractivity contribution in [1.29, 1.82) is 0 Å². The topological polar surface area (TPSA) is 56.7 Å². The molecule has 0 radical (unpaired) electrons. The third-order valence-electron chi connectivity index (χ3n) is 3.30. The molecule has 104 valence electrons. The van der Waals surface area contributed by atoms with Gasteiger partial charge in [-0.1, -0.05) is 24.3 Å². The van der Waals surface area contributed by atoms with Gasteiger partial charge in [0, 0.05) is 13.1 Å². The minimum Gasteiger partial charge on any atom is -0.392 e. The molecule has 0 bridgehead atoms. The van der Waals surface area contributed by atoms with Gasteiger partial charge in [-0.2, -0.15) is 0 Å². The summed E-state index contributed by atoms with van der Waals surface area (Å²) in [6.07, 6.45) is 2.67. The number of aliphatic hydroxyl groups excluding tert-OH is 1. The lowest BCUT2D eigenvalue weighted by atomic mass is 10.1. The Kier molecular flexibility index (Phi) is 5.21. The van der Waals surface area contributed by atoms with Crippen LogP contribution in [0.5, 0.6) is 0 Å². The number of nitrogens with zero attached hydrogens (tertiary/aromatic N) is 1. The summed E-state index contributed by atoms with van der Waals surface area (Å²) in [5.41, 5.74) is 2.03. The Balaban J connectivity index is 1.95. The van der Waals surface area contributed by atoms with Crippen LogP contribution in [0.4, 0.5) is 0 Å². The molecule has 1 aliphatic carbocycles. The van der Waals surface area contributed by atoms with Crippen molar-refractivity contribution in [2.45, 2.75) is 32.9 Å². The van der Waals surface area contributed by atoms with Crippen LogP contribution in [0, 0.1) is 5.92 Å². The Bertz CT molecular complexity index is 427. The van der Waals surface area contributed by atoms with Gasteiger partial charge in [0.1, 0.15) is 0 Å². The van der Waals surface area contributed by atoms with Crippen molar-refractivity contribution in [1.82, 2.24) is 10.6 Å². The van der Waals surface area contributed by atoms with E-state index in [4.69, 9.17) is 0 Å². The van der Waals surface area contributed by atoms with Crippen molar-refractivity contribution in [3.05, 3.63) is 35.4 Å². The zero-order valence-corrected chi connectivity index (χ0v) is 11.5. The van der Waals surface area contributed by atoms with E-state index >= 15 is 0 Å². The molecule has 0 spiro atoms. The van der Waals surface area contributed by atoms with Crippen LogP contribution in [0.1, 0.15) is 30.9 Å². The van der Waals surface area contributed by atoms with Crippen LogP contribution in [0.15, 0.2) is 29.3 Å². The van der Waals surface area contributed by atoms with Crippen molar-refractivity contribution >= 4 is 5.96 Å². The number of rotatable bonds is 6. The molecule has 4 heteroatoms. The van der Waals surface area contributed by atoms with Gasteiger partial charge in [-0.25, -0.2) is 4.99 Å². The van der Waals surface area contributed by atoms with Gasteiger partial charge in [-0.3, -0.25) is 0 Å². The second-order valence-electron chi connectivity index (χ2n) is 4.95. The van der Waals surface area contributed by atoms with Gasteiger partial charge in [-0.15, -0.1) is 0 Å². The summed E-state index contributed by atoms with van der Waals surface area (Å²) < 4.78 is 0. The molecule has 0 saturated heterocycles. The smallest absolute Gasteiger partial charge is 0.191 e.